The molecule has 0 N–H and O–H groups in total. The Labute approximate surface area is 85.2 Å². The molecule has 1 heterocycles. The molecule has 0 atom stereocenters. The average Bonchev–Trinajstić information content (AvgIpc) is 2.03. The number of hydrogen-bond acceptors (Lipinski definition) is 0. The van der Waals surface area contributed by atoms with Gasteiger partial charge in [0, 0.05) is 25.5 Å². The molecule has 1 rings (SSSR count). The number of halogens is 1. The van der Waals surface area contributed by atoms with Gasteiger partial charge in [-0.15, -0.1) is 0 Å². The van der Waals surface area contributed by atoms with Crippen molar-refractivity contribution in [2.75, 3.05) is 0 Å². The minimum Gasteiger partial charge on any atom is -1.00 e. The van der Waals surface area contributed by atoms with E-state index < -0.39 is 0 Å². The van der Waals surface area contributed by atoms with Gasteiger partial charge in [0.2, 0.25) is 0 Å². The SMILES string of the molecule is CCCC[n+]1ccccc1C.[Br-]. The van der Waals surface area contributed by atoms with Crippen LogP contribution in [-0.4, -0.2) is 0 Å². The van der Waals surface area contributed by atoms with Gasteiger partial charge >= 0.3 is 0 Å². The van der Waals surface area contributed by atoms with Crippen LogP contribution < -0.4 is 21.5 Å². The minimum absolute atomic E-state index is 0. The molecular formula is C10H16BrN. The molecule has 0 unspecified atom stereocenters. The van der Waals surface area contributed by atoms with Gasteiger partial charge in [-0.3, -0.25) is 0 Å². The van der Waals surface area contributed by atoms with Gasteiger partial charge < -0.3 is 17.0 Å². The van der Waals surface area contributed by atoms with Crippen molar-refractivity contribution >= 4 is 0 Å². The topological polar surface area (TPSA) is 3.88 Å². The molecule has 12 heavy (non-hydrogen) atoms. The number of aryl methyl sites for hydroxylation is 2. The van der Waals surface area contributed by atoms with E-state index in [0.717, 1.165) is 6.54 Å². The first-order valence-electron chi connectivity index (χ1n) is 4.29. The molecule has 0 fully saturated rings. The van der Waals surface area contributed by atoms with Crippen LogP contribution in [0.3, 0.4) is 0 Å². The quantitative estimate of drug-likeness (QED) is 0.592. The summed E-state index contributed by atoms with van der Waals surface area (Å²) in [4.78, 5) is 0. The molecule has 0 aromatic carbocycles. The standard InChI is InChI=1S/C10H16N.BrH/c1-3-4-8-11-9-6-5-7-10(11)2;/h5-7,9H,3-4,8H2,1-2H3;1H/q+1;/p-1. The van der Waals surface area contributed by atoms with E-state index >= 15 is 0 Å². The fourth-order valence-corrected chi connectivity index (χ4v) is 1.14. The molecule has 0 radical (unpaired) electrons. The molecule has 1 nitrogen and oxygen atoms in total. The average molecular weight is 230 g/mol. The highest BCUT2D eigenvalue weighted by atomic mass is 79.9. The molecule has 0 amide bonds. The number of hydrogen-bond donors (Lipinski definition) is 0. The second-order valence-corrected chi connectivity index (χ2v) is 2.89. The van der Waals surface area contributed by atoms with Crippen molar-refractivity contribution in [3.05, 3.63) is 30.1 Å². The molecule has 2 heteroatoms. The maximum Gasteiger partial charge on any atom is 0.178 e. The maximum absolute atomic E-state index is 2.30. The molecule has 0 spiro atoms. The van der Waals surface area contributed by atoms with Crippen molar-refractivity contribution < 1.29 is 21.5 Å². The van der Waals surface area contributed by atoms with E-state index in [4.69, 9.17) is 0 Å². The van der Waals surface area contributed by atoms with E-state index in [1.807, 2.05) is 0 Å². The summed E-state index contributed by atoms with van der Waals surface area (Å²) in [6.07, 6.45) is 4.68. The lowest BCUT2D eigenvalue weighted by atomic mass is 10.3. The molecule has 68 valence electrons. The Morgan fingerprint density at radius 1 is 1.33 bits per heavy atom. The van der Waals surface area contributed by atoms with Gasteiger partial charge in [-0.05, 0) is 0 Å². The van der Waals surface area contributed by atoms with Crippen LogP contribution >= 0.6 is 0 Å². The predicted molar refractivity (Wildman–Crippen MR) is 46.3 cm³/mol. The zero-order valence-corrected chi connectivity index (χ0v) is 9.34. The third-order valence-electron chi connectivity index (χ3n) is 1.92. The molecule has 1 aromatic rings. The molecule has 0 aliphatic carbocycles. The Morgan fingerprint density at radius 2 is 2.08 bits per heavy atom. The van der Waals surface area contributed by atoms with Gasteiger partial charge in [0.1, 0.15) is 6.54 Å². The van der Waals surface area contributed by atoms with Crippen molar-refractivity contribution in [3.8, 4) is 0 Å². The Hall–Kier alpha value is -0.370. The third-order valence-corrected chi connectivity index (χ3v) is 1.92. The zero-order chi connectivity index (χ0) is 8.10. The molecule has 0 aliphatic rings. The number of aromatic nitrogens is 1. The van der Waals surface area contributed by atoms with E-state index in [-0.39, 0.29) is 17.0 Å². The van der Waals surface area contributed by atoms with E-state index in [2.05, 4.69) is 42.8 Å². The van der Waals surface area contributed by atoms with E-state index in [0.29, 0.717) is 0 Å². The smallest absolute Gasteiger partial charge is 0.178 e. The van der Waals surface area contributed by atoms with E-state index in [9.17, 15) is 0 Å². The first kappa shape index (κ1) is 11.6. The fraction of sp³-hybridized carbons (Fsp3) is 0.500. The lowest BCUT2D eigenvalue weighted by Crippen LogP contribution is -3.00. The number of unbranched alkanes of at least 4 members (excludes halogenated alkanes) is 1. The molecule has 1 aromatic heterocycles. The van der Waals surface area contributed by atoms with Crippen LogP contribution in [0.5, 0.6) is 0 Å². The summed E-state index contributed by atoms with van der Waals surface area (Å²) < 4.78 is 2.30. The lowest BCUT2D eigenvalue weighted by Gasteiger charge is -1.97. The summed E-state index contributed by atoms with van der Waals surface area (Å²) >= 11 is 0. The summed E-state index contributed by atoms with van der Waals surface area (Å²) in [5, 5.41) is 0. The molecular weight excluding hydrogens is 214 g/mol. The Balaban J connectivity index is 0.00000121. The van der Waals surface area contributed by atoms with Crippen LogP contribution in [0.25, 0.3) is 0 Å². The Kier molecular flexibility index (Phi) is 5.99. The highest BCUT2D eigenvalue weighted by molar-refractivity contribution is 4.93. The van der Waals surface area contributed by atoms with Crippen molar-refractivity contribution in [3.63, 3.8) is 0 Å². The predicted octanol–water partition coefficient (Wildman–Crippen LogP) is -0.913. The summed E-state index contributed by atoms with van der Waals surface area (Å²) in [5.41, 5.74) is 1.35. The van der Waals surface area contributed by atoms with Crippen molar-refractivity contribution in [1.82, 2.24) is 0 Å². The normalized spacial score (nSPS) is 9.17. The number of nitrogens with zero attached hydrogens (tertiary/aromatic N) is 1. The van der Waals surface area contributed by atoms with Crippen LogP contribution in [0.2, 0.25) is 0 Å². The first-order valence-corrected chi connectivity index (χ1v) is 4.29. The molecule has 0 saturated carbocycles. The van der Waals surface area contributed by atoms with Gasteiger partial charge in [-0.2, -0.15) is 0 Å². The monoisotopic (exact) mass is 229 g/mol. The van der Waals surface area contributed by atoms with Crippen LogP contribution in [0, 0.1) is 6.92 Å². The van der Waals surface area contributed by atoms with Gasteiger partial charge in [-0.1, -0.05) is 19.4 Å². The van der Waals surface area contributed by atoms with Gasteiger partial charge in [-0.25, -0.2) is 4.57 Å². The summed E-state index contributed by atoms with van der Waals surface area (Å²) in [5.74, 6) is 0. The highest BCUT2D eigenvalue weighted by Crippen LogP contribution is 1.91. The molecule has 0 bridgehead atoms. The van der Waals surface area contributed by atoms with Crippen LogP contribution in [0.1, 0.15) is 25.5 Å². The zero-order valence-electron chi connectivity index (χ0n) is 7.76. The minimum atomic E-state index is 0. The molecule has 0 saturated heterocycles. The third kappa shape index (κ3) is 3.35. The highest BCUT2D eigenvalue weighted by Gasteiger charge is 2.01. The van der Waals surface area contributed by atoms with Crippen molar-refractivity contribution in [1.29, 1.82) is 0 Å². The van der Waals surface area contributed by atoms with Crippen LogP contribution in [-0.2, 0) is 6.54 Å². The van der Waals surface area contributed by atoms with Gasteiger partial charge in [0.15, 0.2) is 11.9 Å². The van der Waals surface area contributed by atoms with Gasteiger partial charge in [0.05, 0.1) is 0 Å². The summed E-state index contributed by atoms with van der Waals surface area (Å²) in [6, 6.07) is 6.32. The van der Waals surface area contributed by atoms with Crippen LogP contribution in [0.4, 0.5) is 0 Å². The summed E-state index contributed by atoms with van der Waals surface area (Å²) in [6.45, 7) is 5.53. The largest absolute Gasteiger partial charge is 1.00 e. The van der Waals surface area contributed by atoms with Crippen LogP contribution in [0.15, 0.2) is 24.4 Å². The van der Waals surface area contributed by atoms with Gasteiger partial charge in [0.25, 0.3) is 0 Å². The van der Waals surface area contributed by atoms with Crippen molar-refractivity contribution in [2.24, 2.45) is 0 Å². The summed E-state index contributed by atoms with van der Waals surface area (Å²) in [7, 11) is 0. The number of rotatable bonds is 3. The maximum atomic E-state index is 2.30. The van der Waals surface area contributed by atoms with E-state index in [1.54, 1.807) is 0 Å². The lowest BCUT2D eigenvalue weighted by molar-refractivity contribution is -0.703. The van der Waals surface area contributed by atoms with Crippen molar-refractivity contribution in [2.45, 2.75) is 33.2 Å². The molecule has 0 aliphatic heterocycles. The second-order valence-electron chi connectivity index (χ2n) is 2.89. The second kappa shape index (κ2) is 6.18. The fourth-order valence-electron chi connectivity index (χ4n) is 1.14. The first-order chi connectivity index (χ1) is 5.34. The Morgan fingerprint density at radius 3 is 2.67 bits per heavy atom. The Bertz CT molecular complexity index is 223. The van der Waals surface area contributed by atoms with E-state index in [1.165, 1.54) is 18.5 Å². The number of pyridine rings is 1.